The van der Waals surface area contributed by atoms with E-state index < -0.39 is 5.97 Å². The number of aromatic nitrogens is 1. The Labute approximate surface area is 124 Å². The van der Waals surface area contributed by atoms with Gasteiger partial charge in [-0.25, -0.2) is 4.79 Å². The van der Waals surface area contributed by atoms with Gasteiger partial charge in [-0.3, -0.25) is 4.98 Å². The van der Waals surface area contributed by atoms with Crippen LogP contribution < -0.4 is 4.74 Å². The van der Waals surface area contributed by atoms with E-state index in [1.54, 1.807) is 30.5 Å². The highest BCUT2D eigenvalue weighted by Crippen LogP contribution is 2.28. The lowest BCUT2D eigenvalue weighted by molar-refractivity contribution is -0.131. The van der Waals surface area contributed by atoms with E-state index >= 15 is 0 Å². The molecule has 2 aromatic rings. The molecule has 0 amide bonds. The molecule has 1 N–H and O–H groups in total. The standard InChI is InChI=1S/C15H12BrNO3/c1-10-14(3-2-8-17-10)20-12-6-4-11(13(16)9-12)5-7-15(18)19/h2-9H,1H3,(H,18,19)/b7-5+. The minimum absolute atomic E-state index is 0.653. The molecule has 102 valence electrons. The SMILES string of the molecule is Cc1ncccc1Oc1ccc(/C=C/C(=O)O)c(Br)c1. The number of carboxylic acids is 1. The van der Waals surface area contributed by atoms with E-state index in [9.17, 15) is 4.79 Å². The van der Waals surface area contributed by atoms with Crippen molar-refractivity contribution in [3.63, 3.8) is 0 Å². The molecule has 2 rings (SSSR count). The molecule has 20 heavy (non-hydrogen) atoms. The maximum Gasteiger partial charge on any atom is 0.328 e. The molecule has 0 bridgehead atoms. The zero-order valence-electron chi connectivity index (χ0n) is 10.7. The third-order valence-electron chi connectivity index (χ3n) is 2.56. The zero-order valence-corrected chi connectivity index (χ0v) is 12.3. The molecule has 0 fully saturated rings. The topological polar surface area (TPSA) is 59.4 Å². The lowest BCUT2D eigenvalue weighted by Crippen LogP contribution is -1.90. The van der Waals surface area contributed by atoms with Gasteiger partial charge in [0.25, 0.3) is 0 Å². The molecule has 1 heterocycles. The van der Waals surface area contributed by atoms with Crippen LogP contribution in [-0.4, -0.2) is 16.1 Å². The van der Waals surface area contributed by atoms with Gasteiger partial charge < -0.3 is 9.84 Å². The number of carboxylic acid groups (broad SMARTS) is 1. The van der Waals surface area contributed by atoms with Crippen LogP contribution in [0.2, 0.25) is 0 Å². The van der Waals surface area contributed by atoms with Gasteiger partial charge in [-0.05, 0) is 42.8 Å². The van der Waals surface area contributed by atoms with E-state index in [0.29, 0.717) is 11.5 Å². The lowest BCUT2D eigenvalue weighted by atomic mass is 10.2. The Morgan fingerprint density at radius 3 is 2.85 bits per heavy atom. The molecule has 5 heteroatoms. The summed E-state index contributed by atoms with van der Waals surface area (Å²) in [6.45, 7) is 1.87. The van der Waals surface area contributed by atoms with Crippen molar-refractivity contribution < 1.29 is 14.6 Å². The quantitative estimate of drug-likeness (QED) is 0.857. The van der Waals surface area contributed by atoms with Crippen LogP contribution in [0.4, 0.5) is 0 Å². The number of carbonyl (C=O) groups is 1. The van der Waals surface area contributed by atoms with E-state index in [-0.39, 0.29) is 0 Å². The molecule has 0 spiro atoms. The number of nitrogens with zero attached hydrogens (tertiary/aromatic N) is 1. The van der Waals surface area contributed by atoms with Gasteiger partial charge in [-0.1, -0.05) is 22.0 Å². The molecule has 0 unspecified atom stereocenters. The van der Waals surface area contributed by atoms with E-state index in [2.05, 4.69) is 20.9 Å². The largest absolute Gasteiger partial charge is 0.478 e. The van der Waals surface area contributed by atoms with Gasteiger partial charge >= 0.3 is 5.97 Å². The van der Waals surface area contributed by atoms with Crippen molar-refractivity contribution in [3.8, 4) is 11.5 Å². The number of rotatable bonds is 4. The first-order valence-corrected chi connectivity index (χ1v) is 6.65. The lowest BCUT2D eigenvalue weighted by Gasteiger charge is -2.09. The van der Waals surface area contributed by atoms with Gasteiger partial charge in [-0.2, -0.15) is 0 Å². The van der Waals surface area contributed by atoms with Crippen LogP contribution in [0.15, 0.2) is 47.1 Å². The average molecular weight is 334 g/mol. The summed E-state index contributed by atoms with van der Waals surface area (Å²) in [7, 11) is 0. The normalized spacial score (nSPS) is 10.7. The molecular weight excluding hydrogens is 322 g/mol. The first-order chi connectivity index (χ1) is 9.56. The number of ether oxygens (including phenoxy) is 1. The number of benzene rings is 1. The monoisotopic (exact) mass is 333 g/mol. The highest BCUT2D eigenvalue weighted by Gasteiger charge is 2.04. The molecule has 1 aromatic carbocycles. The molecule has 0 saturated heterocycles. The number of pyridine rings is 1. The van der Waals surface area contributed by atoms with Gasteiger partial charge in [0.05, 0.1) is 5.69 Å². The van der Waals surface area contributed by atoms with Crippen LogP contribution >= 0.6 is 15.9 Å². The van der Waals surface area contributed by atoms with E-state index in [0.717, 1.165) is 21.8 Å². The van der Waals surface area contributed by atoms with Crippen molar-refractivity contribution in [2.45, 2.75) is 6.92 Å². The predicted molar refractivity (Wildman–Crippen MR) is 79.9 cm³/mol. The van der Waals surface area contributed by atoms with Crippen LogP contribution in [0.3, 0.4) is 0 Å². The zero-order chi connectivity index (χ0) is 14.5. The fourth-order valence-corrected chi connectivity index (χ4v) is 2.06. The summed E-state index contributed by atoms with van der Waals surface area (Å²) in [5, 5.41) is 8.61. The maximum atomic E-state index is 10.5. The van der Waals surface area contributed by atoms with Gasteiger partial charge in [0.1, 0.15) is 11.5 Å². The Balaban J connectivity index is 2.21. The summed E-state index contributed by atoms with van der Waals surface area (Å²) in [6.07, 6.45) is 4.31. The first kappa shape index (κ1) is 14.3. The van der Waals surface area contributed by atoms with Crippen molar-refractivity contribution in [3.05, 3.63) is 58.3 Å². The minimum atomic E-state index is -0.983. The van der Waals surface area contributed by atoms with Gasteiger partial charge in [0.2, 0.25) is 0 Å². The predicted octanol–water partition coefficient (Wildman–Crippen LogP) is 4.04. The molecule has 0 aliphatic rings. The summed E-state index contributed by atoms with van der Waals surface area (Å²) in [5.74, 6) is 0.358. The number of halogens is 1. The number of aryl methyl sites for hydroxylation is 1. The second-order valence-corrected chi connectivity index (χ2v) is 4.90. The molecular formula is C15H12BrNO3. The minimum Gasteiger partial charge on any atom is -0.478 e. The van der Waals surface area contributed by atoms with Crippen LogP contribution in [0.5, 0.6) is 11.5 Å². The maximum absolute atomic E-state index is 10.5. The van der Waals surface area contributed by atoms with Crippen molar-refractivity contribution >= 4 is 28.0 Å². The summed E-state index contributed by atoms with van der Waals surface area (Å²) in [6, 6.07) is 8.99. The van der Waals surface area contributed by atoms with Crippen LogP contribution in [0.1, 0.15) is 11.3 Å². The second-order valence-electron chi connectivity index (χ2n) is 4.04. The Bertz CT molecular complexity index is 668. The number of hydrogen-bond donors (Lipinski definition) is 1. The van der Waals surface area contributed by atoms with Crippen molar-refractivity contribution in [1.29, 1.82) is 0 Å². The molecule has 0 saturated carbocycles. The Morgan fingerprint density at radius 2 is 2.20 bits per heavy atom. The van der Waals surface area contributed by atoms with Crippen molar-refractivity contribution in [2.24, 2.45) is 0 Å². The Morgan fingerprint density at radius 1 is 1.40 bits per heavy atom. The highest BCUT2D eigenvalue weighted by molar-refractivity contribution is 9.10. The number of aliphatic carboxylic acids is 1. The molecule has 0 atom stereocenters. The van der Waals surface area contributed by atoms with Gasteiger partial charge in [-0.15, -0.1) is 0 Å². The molecule has 1 aromatic heterocycles. The summed E-state index contributed by atoms with van der Waals surface area (Å²) < 4.78 is 6.50. The fraction of sp³-hybridized carbons (Fsp3) is 0.0667. The van der Waals surface area contributed by atoms with E-state index in [4.69, 9.17) is 9.84 Å². The van der Waals surface area contributed by atoms with Crippen LogP contribution in [0.25, 0.3) is 6.08 Å². The van der Waals surface area contributed by atoms with Crippen molar-refractivity contribution in [2.75, 3.05) is 0 Å². The fourth-order valence-electron chi connectivity index (χ4n) is 1.57. The summed E-state index contributed by atoms with van der Waals surface area (Å²) in [4.78, 5) is 14.6. The Hall–Kier alpha value is -2.14. The summed E-state index contributed by atoms with van der Waals surface area (Å²) in [5.41, 5.74) is 1.57. The average Bonchev–Trinajstić information content (AvgIpc) is 2.40. The third-order valence-corrected chi connectivity index (χ3v) is 3.25. The molecule has 4 nitrogen and oxygen atoms in total. The second kappa shape index (κ2) is 6.34. The molecule has 0 radical (unpaired) electrons. The van der Waals surface area contributed by atoms with E-state index in [1.807, 2.05) is 13.0 Å². The van der Waals surface area contributed by atoms with Crippen molar-refractivity contribution in [1.82, 2.24) is 4.98 Å². The third kappa shape index (κ3) is 3.68. The molecule has 0 aliphatic carbocycles. The Kier molecular flexibility index (Phi) is 4.53. The van der Waals surface area contributed by atoms with Gasteiger partial charge in [0, 0.05) is 16.7 Å². The van der Waals surface area contributed by atoms with Crippen LogP contribution in [0, 0.1) is 6.92 Å². The summed E-state index contributed by atoms with van der Waals surface area (Å²) >= 11 is 3.39. The highest BCUT2D eigenvalue weighted by atomic mass is 79.9. The van der Waals surface area contributed by atoms with E-state index in [1.165, 1.54) is 6.08 Å². The number of hydrogen-bond acceptors (Lipinski definition) is 3. The first-order valence-electron chi connectivity index (χ1n) is 5.86. The molecule has 0 aliphatic heterocycles. The van der Waals surface area contributed by atoms with Crippen LogP contribution in [-0.2, 0) is 4.79 Å². The smallest absolute Gasteiger partial charge is 0.328 e. The van der Waals surface area contributed by atoms with Gasteiger partial charge in [0.15, 0.2) is 0 Å².